The Hall–Kier alpha value is -3.41. The van der Waals surface area contributed by atoms with E-state index in [1.165, 1.54) is 5.39 Å². The Labute approximate surface area is 189 Å². The van der Waals surface area contributed by atoms with Crippen molar-refractivity contribution in [2.75, 3.05) is 31.1 Å². The van der Waals surface area contributed by atoms with Crippen molar-refractivity contribution in [2.45, 2.75) is 32.4 Å². The van der Waals surface area contributed by atoms with Gasteiger partial charge in [-0.15, -0.1) is 0 Å². The molecule has 6 nitrogen and oxygen atoms in total. The third-order valence-corrected chi connectivity index (χ3v) is 5.48. The number of aromatic hydroxyl groups is 1. The number of nitrogens with zero attached hydrogens (tertiary/aromatic N) is 2. The Kier molecular flexibility index (Phi) is 6.12. The fraction of sp³-hybridized carbons (Fsp3) is 0.346. The zero-order chi connectivity index (χ0) is 22.7. The number of fused-ring (bicyclic) bond motifs is 1. The van der Waals surface area contributed by atoms with Gasteiger partial charge in [0.25, 0.3) is 0 Å². The van der Waals surface area contributed by atoms with Crippen LogP contribution in [-0.4, -0.2) is 54.0 Å². The lowest BCUT2D eigenvalue weighted by Crippen LogP contribution is -2.57. The van der Waals surface area contributed by atoms with E-state index in [0.29, 0.717) is 26.2 Å². The number of ether oxygens (including phenoxy) is 2. The van der Waals surface area contributed by atoms with Gasteiger partial charge in [-0.3, -0.25) is 0 Å². The summed E-state index contributed by atoms with van der Waals surface area (Å²) in [5, 5.41) is 12.0. The average Bonchev–Trinajstić information content (AvgIpc) is 2.77. The number of benzene rings is 3. The van der Waals surface area contributed by atoms with Crippen LogP contribution in [0.4, 0.5) is 10.5 Å². The normalized spacial score (nSPS) is 16.8. The predicted molar refractivity (Wildman–Crippen MR) is 126 cm³/mol. The summed E-state index contributed by atoms with van der Waals surface area (Å²) >= 11 is 0. The second kappa shape index (κ2) is 8.99. The van der Waals surface area contributed by atoms with Crippen LogP contribution in [0, 0.1) is 0 Å². The molecule has 3 aromatic carbocycles. The Balaban J connectivity index is 1.52. The molecule has 0 aliphatic carbocycles. The standard InChI is InChI=1S/C26H30N2O4/c1-26(2,3)32-25(30)27-14-15-28(21-9-11-23(29)12-10-21)22(17-27)18-31-24-13-8-19-6-4-5-7-20(19)16-24/h4-13,16,22,29H,14-15,17-18H2,1-3H3/t22-/m1/s1. The summed E-state index contributed by atoms with van der Waals surface area (Å²) in [6, 6.07) is 21.3. The molecule has 1 N–H and O–H groups in total. The molecule has 0 saturated carbocycles. The van der Waals surface area contributed by atoms with E-state index in [4.69, 9.17) is 9.47 Å². The average molecular weight is 435 g/mol. The van der Waals surface area contributed by atoms with Gasteiger partial charge < -0.3 is 24.4 Å². The van der Waals surface area contributed by atoms with Crippen molar-refractivity contribution in [2.24, 2.45) is 0 Å². The molecule has 1 fully saturated rings. The smallest absolute Gasteiger partial charge is 0.410 e. The lowest BCUT2D eigenvalue weighted by atomic mass is 10.1. The summed E-state index contributed by atoms with van der Waals surface area (Å²) in [5.74, 6) is 1.02. The lowest BCUT2D eigenvalue weighted by molar-refractivity contribution is 0.0201. The van der Waals surface area contributed by atoms with Crippen molar-refractivity contribution in [3.05, 3.63) is 66.7 Å². The summed E-state index contributed by atoms with van der Waals surface area (Å²) in [4.78, 5) is 16.6. The van der Waals surface area contributed by atoms with E-state index >= 15 is 0 Å². The first-order chi connectivity index (χ1) is 15.3. The molecule has 0 unspecified atom stereocenters. The van der Waals surface area contributed by atoms with Crippen LogP contribution in [-0.2, 0) is 4.74 Å². The molecule has 0 radical (unpaired) electrons. The zero-order valence-electron chi connectivity index (χ0n) is 18.8. The van der Waals surface area contributed by atoms with Gasteiger partial charge in [-0.1, -0.05) is 30.3 Å². The van der Waals surface area contributed by atoms with E-state index in [-0.39, 0.29) is 17.9 Å². The summed E-state index contributed by atoms with van der Waals surface area (Å²) in [6.45, 7) is 7.73. The summed E-state index contributed by atoms with van der Waals surface area (Å²) in [5.41, 5.74) is 0.446. The number of anilines is 1. The molecule has 6 heteroatoms. The van der Waals surface area contributed by atoms with E-state index in [1.54, 1.807) is 17.0 Å². The topological polar surface area (TPSA) is 62.2 Å². The molecule has 4 rings (SSSR count). The summed E-state index contributed by atoms with van der Waals surface area (Å²) in [6.07, 6.45) is -0.307. The van der Waals surface area contributed by atoms with Crippen LogP contribution >= 0.6 is 0 Å². The number of phenols is 1. The number of amides is 1. The van der Waals surface area contributed by atoms with E-state index in [0.717, 1.165) is 16.8 Å². The maximum absolute atomic E-state index is 12.7. The minimum absolute atomic E-state index is 0.0627. The number of phenolic OH excluding ortho intramolecular Hbond substituents is 1. The Morgan fingerprint density at radius 1 is 1.00 bits per heavy atom. The Bertz CT molecular complexity index is 1080. The van der Waals surface area contributed by atoms with Gasteiger partial charge in [0.15, 0.2) is 0 Å². The number of hydrogen-bond acceptors (Lipinski definition) is 5. The molecule has 3 aromatic rings. The molecular weight excluding hydrogens is 404 g/mol. The molecule has 1 heterocycles. The van der Waals surface area contributed by atoms with Crippen LogP contribution in [0.25, 0.3) is 10.8 Å². The molecule has 0 aromatic heterocycles. The SMILES string of the molecule is CC(C)(C)OC(=O)N1CCN(c2ccc(O)cc2)[C@@H](COc2ccc3ccccc3c2)C1. The van der Waals surface area contributed by atoms with Crippen molar-refractivity contribution in [3.8, 4) is 11.5 Å². The fourth-order valence-electron chi connectivity index (χ4n) is 3.92. The number of carbonyl (C=O) groups is 1. The van der Waals surface area contributed by atoms with Gasteiger partial charge in [0, 0.05) is 25.3 Å². The van der Waals surface area contributed by atoms with Crippen molar-refractivity contribution in [1.82, 2.24) is 4.90 Å². The molecule has 1 saturated heterocycles. The minimum Gasteiger partial charge on any atom is -0.508 e. The number of hydrogen-bond donors (Lipinski definition) is 1. The third kappa shape index (κ3) is 5.25. The molecule has 1 aliphatic heterocycles. The molecule has 0 bridgehead atoms. The first-order valence-corrected chi connectivity index (χ1v) is 10.9. The maximum Gasteiger partial charge on any atom is 0.410 e. The van der Waals surface area contributed by atoms with Gasteiger partial charge in [-0.05, 0) is 67.9 Å². The summed E-state index contributed by atoms with van der Waals surface area (Å²) < 4.78 is 11.8. The third-order valence-electron chi connectivity index (χ3n) is 5.48. The van der Waals surface area contributed by atoms with Crippen molar-refractivity contribution in [1.29, 1.82) is 0 Å². The minimum atomic E-state index is -0.539. The predicted octanol–water partition coefficient (Wildman–Crippen LogP) is 5.05. The largest absolute Gasteiger partial charge is 0.508 e. The fourth-order valence-corrected chi connectivity index (χ4v) is 3.92. The van der Waals surface area contributed by atoms with E-state index in [2.05, 4.69) is 23.1 Å². The second-order valence-electron chi connectivity index (χ2n) is 9.11. The van der Waals surface area contributed by atoms with Crippen LogP contribution in [0.2, 0.25) is 0 Å². The van der Waals surface area contributed by atoms with Gasteiger partial charge in [-0.2, -0.15) is 0 Å². The highest BCUT2D eigenvalue weighted by Crippen LogP contribution is 2.26. The number of carbonyl (C=O) groups excluding carboxylic acids is 1. The maximum atomic E-state index is 12.7. The van der Waals surface area contributed by atoms with Crippen LogP contribution in [0.15, 0.2) is 66.7 Å². The summed E-state index contributed by atoms with van der Waals surface area (Å²) in [7, 11) is 0. The highest BCUT2D eigenvalue weighted by Gasteiger charge is 2.32. The monoisotopic (exact) mass is 434 g/mol. The first kappa shape index (κ1) is 21.8. The van der Waals surface area contributed by atoms with Crippen molar-refractivity contribution >= 4 is 22.6 Å². The lowest BCUT2D eigenvalue weighted by Gasteiger charge is -2.42. The first-order valence-electron chi connectivity index (χ1n) is 10.9. The molecule has 1 atom stereocenters. The molecule has 168 valence electrons. The molecule has 32 heavy (non-hydrogen) atoms. The Morgan fingerprint density at radius 2 is 1.72 bits per heavy atom. The van der Waals surface area contributed by atoms with E-state index in [9.17, 15) is 9.90 Å². The van der Waals surface area contributed by atoms with E-state index < -0.39 is 5.60 Å². The van der Waals surface area contributed by atoms with Crippen molar-refractivity contribution < 1.29 is 19.4 Å². The highest BCUT2D eigenvalue weighted by atomic mass is 16.6. The Morgan fingerprint density at radius 3 is 2.44 bits per heavy atom. The molecule has 1 amide bonds. The second-order valence-corrected chi connectivity index (χ2v) is 9.11. The van der Waals surface area contributed by atoms with Gasteiger partial charge in [0.2, 0.25) is 0 Å². The van der Waals surface area contributed by atoms with Crippen LogP contribution in [0.5, 0.6) is 11.5 Å². The zero-order valence-corrected chi connectivity index (χ0v) is 18.8. The van der Waals surface area contributed by atoms with Crippen LogP contribution in [0.1, 0.15) is 20.8 Å². The number of rotatable bonds is 4. The molecule has 0 spiro atoms. The highest BCUT2D eigenvalue weighted by molar-refractivity contribution is 5.83. The van der Waals surface area contributed by atoms with Gasteiger partial charge in [0.05, 0.1) is 6.04 Å². The molecular formula is C26H30N2O4. The van der Waals surface area contributed by atoms with Crippen LogP contribution in [0.3, 0.4) is 0 Å². The van der Waals surface area contributed by atoms with Crippen LogP contribution < -0.4 is 9.64 Å². The van der Waals surface area contributed by atoms with Crippen molar-refractivity contribution in [3.63, 3.8) is 0 Å². The molecule has 1 aliphatic rings. The quantitative estimate of drug-likeness (QED) is 0.623. The number of piperazine rings is 1. The van der Waals surface area contributed by atoms with Gasteiger partial charge in [-0.25, -0.2) is 4.79 Å². The van der Waals surface area contributed by atoms with E-state index in [1.807, 2.05) is 57.2 Å². The van der Waals surface area contributed by atoms with Gasteiger partial charge >= 0.3 is 6.09 Å². The van der Waals surface area contributed by atoms with Gasteiger partial charge in [0.1, 0.15) is 23.7 Å².